The Morgan fingerprint density at radius 2 is 2.19 bits per heavy atom. The molecule has 2 heterocycles. The number of carbonyl (C=O) groups excluding carboxylic acids is 2. The van der Waals surface area contributed by atoms with Crippen molar-refractivity contribution in [2.75, 3.05) is 44.1 Å². The Morgan fingerprint density at radius 1 is 1.43 bits per heavy atom. The van der Waals surface area contributed by atoms with E-state index < -0.39 is 21.8 Å². The van der Waals surface area contributed by atoms with E-state index in [1.165, 1.54) is 23.8 Å². The van der Waals surface area contributed by atoms with Crippen LogP contribution in [0, 0.1) is 0 Å². The SMILES string of the molecule is COC(=O)C1COCCN1C(=O)CSC1CCS(=O)(=O)C1. The van der Waals surface area contributed by atoms with Crippen LogP contribution in [0.3, 0.4) is 0 Å². The number of nitrogens with zero attached hydrogens (tertiary/aromatic N) is 1. The summed E-state index contributed by atoms with van der Waals surface area (Å²) in [6.07, 6.45) is 0.587. The van der Waals surface area contributed by atoms with Gasteiger partial charge in [0, 0.05) is 11.8 Å². The van der Waals surface area contributed by atoms with Gasteiger partial charge in [0.25, 0.3) is 0 Å². The van der Waals surface area contributed by atoms with E-state index >= 15 is 0 Å². The average Bonchev–Trinajstić information content (AvgIpc) is 2.83. The first-order valence-corrected chi connectivity index (χ1v) is 9.57. The van der Waals surface area contributed by atoms with Gasteiger partial charge in [0.2, 0.25) is 5.91 Å². The van der Waals surface area contributed by atoms with E-state index in [0.29, 0.717) is 19.6 Å². The quantitative estimate of drug-likeness (QED) is 0.627. The molecule has 2 saturated heterocycles. The molecule has 0 aliphatic carbocycles. The summed E-state index contributed by atoms with van der Waals surface area (Å²) in [6.45, 7) is 0.880. The second-order valence-electron chi connectivity index (χ2n) is 5.04. The molecule has 0 aromatic rings. The number of esters is 1. The molecular weight excluding hydrogens is 318 g/mol. The average molecular weight is 337 g/mol. The summed E-state index contributed by atoms with van der Waals surface area (Å²) in [5, 5.41) is -0.0310. The van der Waals surface area contributed by atoms with Crippen LogP contribution in [0.15, 0.2) is 0 Å². The van der Waals surface area contributed by atoms with Crippen molar-refractivity contribution in [1.82, 2.24) is 4.90 Å². The van der Waals surface area contributed by atoms with Crippen molar-refractivity contribution in [3.8, 4) is 0 Å². The number of sulfone groups is 1. The third-order valence-corrected chi connectivity index (χ3v) is 6.82. The minimum absolute atomic E-state index is 0.0310. The summed E-state index contributed by atoms with van der Waals surface area (Å²) in [7, 11) is -1.66. The Kier molecular flexibility index (Phi) is 5.50. The van der Waals surface area contributed by atoms with Gasteiger partial charge < -0.3 is 14.4 Å². The lowest BCUT2D eigenvalue weighted by Gasteiger charge is -2.33. The van der Waals surface area contributed by atoms with E-state index in [0.717, 1.165) is 0 Å². The van der Waals surface area contributed by atoms with Gasteiger partial charge in [-0.25, -0.2) is 13.2 Å². The highest BCUT2D eigenvalue weighted by atomic mass is 32.2. The number of ether oxygens (including phenoxy) is 2. The maximum absolute atomic E-state index is 12.2. The lowest BCUT2D eigenvalue weighted by molar-refractivity contribution is -0.159. The molecule has 21 heavy (non-hydrogen) atoms. The van der Waals surface area contributed by atoms with Crippen LogP contribution in [-0.2, 0) is 28.9 Å². The third-order valence-electron chi connectivity index (χ3n) is 3.56. The van der Waals surface area contributed by atoms with E-state index in [4.69, 9.17) is 4.74 Å². The molecule has 0 N–H and O–H groups in total. The molecule has 7 nitrogen and oxygen atoms in total. The number of hydrogen-bond donors (Lipinski definition) is 0. The fourth-order valence-corrected chi connectivity index (χ4v) is 5.93. The summed E-state index contributed by atoms with van der Waals surface area (Å²) >= 11 is 1.35. The molecule has 2 unspecified atom stereocenters. The molecule has 1 amide bonds. The van der Waals surface area contributed by atoms with Gasteiger partial charge in [-0.3, -0.25) is 4.79 Å². The van der Waals surface area contributed by atoms with Crippen molar-refractivity contribution in [1.29, 1.82) is 0 Å². The van der Waals surface area contributed by atoms with Crippen molar-refractivity contribution >= 4 is 33.5 Å². The van der Waals surface area contributed by atoms with Crippen LogP contribution < -0.4 is 0 Å². The zero-order valence-corrected chi connectivity index (χ0v) is 13.5. The highest BCUT2D eigenvalue weighted by Gasteiger charge is 2.34. The van der Waals surface area contributed by atoms with Crippen molar-refractivity contribution in [3.05, 3.63) is 0 Å². The Morgan fingerprint density at radius 3 is 2.81 bits per heavy atom. The Hall–Kier alpha value is -0.800. The number of methoxy groups -OCH3 is 1. The predicted molar refractivity (Wildman–Crippen MR) is 77.9 cm³/mol. The molecule has 0 saturated carbocycles. The van der Waals surface area contributed by atoms with E-state index in [9.17, 15) is 18.0 Å². The molecule has 0 bridgehead atoms. The first-order chi connectivity index (χ1) is 9.93. The number of morpholine rings is 1. The minimum atomic E-state index is -2.94. The maximum Gasteiger partial charge on any atom is 0.331 e. The topological polar surface area (TPSA) is 90.0 Å². The van der Waals surface area contributed by atoms with Crippen LogP contribution >= 0.6 is 11.8 Å². The van der Waals surface area contributed by atoms with Crippen LogP contribution in [-0.4, -0.2) is 80.6 Å². The second kappa shape index (κ2) is 6.97. The highest BCUT2D eigenvalue weighted by Crippen LogP contribution is 2.25. The molecular formula is C12H19NO6S2. The molecule has 120 valence electrons. The number of carbonyl (C=O) groups is 2. The van der Waals surface area contributed by atoms with E-state index in [2.05, 4.69) is 4.74 Å². The van der Waals surface area contributed by atoms with E-state index in [1.54, 1.807) is 0 Å². The maximum atomic E-state index is 12.2. The van der Waals surface area contributed by atoms with E-state index in [-0.39, 0.29) is 35.0 Å². The highest BCUT2D eigenvalue weighted by molar-refractivity contribution is 8.02. The fraction of sp³-hybridized carbons (Fsp3) is 0.833. The standard InChI is InChI=1S/C12H19NO6S2/c1-18-12(15)10-6-19-4-3-13(10)11(14)7-20-9-2-5-21(16,17)8-9/h9-10H,2-8H2,1H3. The van der Waals surface area contributed by atoms with Crippen LogP contribution in [0.1, 0.15) is 6.42 Å². The van der Waals surface area contributed by atoms with Gasteiger partial charge >= 0.3 is 5.97 Å². The monoisotopic (exact) mass is 337 g/mol. The van der Waals surface area contributed by atoms with Gasteiger partial charge in [-0.15, -0.1) is 11.8 Å². The zero-order valence-electron chi connectivity index (χ0n) is 11.8. The van der Waals surface area contributed by atoms with Gasteiger partial charge in [0.15, 0.2) is 15.9 Å². The smallest absolute Gasteiger partial charge is 0.331 e. The number of hydrogen-bond acceptors (Lipinski definition) is 7. The Bertz CT molecular complexity index is 506. The van der Waals surface area contributed by atoms with Crippen LogP contribution in [0.5, 0.6) is 0 Å². The van der Waals surface area contributed by atoms with Gasteiger partial charge in [-0.2, -0.15) is 0 Å². The van der Waals surface area contributed by atoms with Gasteiger partial charge in [0.1, 0.15) is 0 Å². The molecule has 2 aliphatic heterocycles. The Balaban J connectivity index is 1.88. The number of amides is 1. The van der Waals surface area contributed by atoms with Crippen LogP contribution in [0.2, 0.25) is 0 Å². The third kappa shape index (κ3) is 4.33. The Labute approximate surface area is 128 Å². The second-order valence-corrected chi connectivity index (χ2v) is 8.55. The molecule has 0 aromatic heterocycles. The number of thioether (sulfide) groups is 1. The molecule has 0 radical (unpaired) electrons. The zero-order chi connectivity index (χ0) is 15.5. The lowest BCUT2D eigenvalue weighted by atomic mass is 10.2. The van der Waals surface area contributed by atoms with Crippen LogP contribution in [0.4, 0.5) is 0 Å². The summed E-state index contributed by atoms with van der Waals surface area (Å²) < 4.78 is 32.6. The van der Waals surface area contributed by atoms with Crippen molar-refractivity contribution < 1.29 is 27.5 Å². The summed E-state index contributed by atoms with van der Waals surface area (Å²) in [5.74, 6) is -0.164. The van der Waals surface area contributed by atoms with Crippen molar-refractivity contribution in [2.45, 2.75) is 17.7 Å². The van der Waals surface area contributed by atoms with Crippen molar-refractivity contribution in [2.24, 2.45) is 0 Å². The summed E-state index contributed by atoms with van der Waals surface area (Å²) in [4.78, 5) is 25.3. The van der Waals surface area contributed by atoms with Crippen molar-refractivity contribution in [3.63, 3.8) is 0 Å². The molecule has 9 heteroatoms. The number of rotatable bonds is 4. The largest absolute Gasteiger partial charge is 0.467 e. The van der Waals surface area contributed by atoms with Gasteiger partial charge in [-0.05, 0) is 6.42 Å². The predicted octanol–water partition coefficient (Wildman–Crippen LogP) is -0.693. The molecule has 2 aliphatic rings. The molecule has 2 rings (SSSR count). The summed E-state index contributed by atoms with van der Waals surface area (Å²) in [6, 6.07) is -0.704. The summed E-state index contributed by atoms with van der Waals surface area (Å²) in [5.41, 5.74) is 0. The molecule has 2 fully saturated rings. The first kappa shape index (κ1) is 16.6. The normalized spacial score (nSPS) is 28.3. The van der Waals surface area contributed by atoms with E-state index in [1.807, 2.05) is 0 Å². The molecule has 0 spiro atoms. The van der Waals surface area contributed by atoms with Crippen LogP contribution in [0.25, 0.3) is 0 Å². The van der Waals surface area contributed by atoms with Gasteiger partial charge in [-0.1, -0.05) is 0 Å². The van der Waals surface area contributed by atoms with Gasteiger partial charge in [0.05, 0.1) is 37.6 Å². The lowest BCUT2D eigenvalue weighted by Crippen LogP contribution is -2.53. The minimum Gasteiger partial charge on any atom is -0.467 e. The fourth-order valence-electron chi connectivity index (χ4n) is 2.40. The first-order valence-electron chi connectivity index (χ1n) is 6.70. The molecule has 0 aromatic carbocycles. The molecule has 2 atom stereocenters.